The molecule has 1 aliphatic heterocycles. The molecule has 126 valence electrons. The van der Waals surface area contributed by atoms with Gasteiger partial charge in [-0.25, -0.2) is 9.78 Å². The number of nitrogens with zero attached hydrogens (tertiary/aromatic N) is 2. The Labute approximate surface area is 136 Å². The summed E-state index contributed by atoms with van der Waals surface area (Å²) in [5.41, 5.74) is -0.568. The van der Waals surface area contributed by atoms with Crippen molar-refractivity contribution in [2.75, 3.05) is 20.2 Å². The van der Waals surface area contributed by atoms with Gasteiger partial charge in [-0.2, -0.15) is 0 Å². The molecule has 0 bridgehead atoms. The largest absolute Gasteiger partial charge is 0.481 e. The van der Waals surface area contributed by atoms with Crippen molar-refractivity contribution in [3.05, 3.63) is 23.9 Å². The minimum atomic E-state index is -0.783. The van der Waals surface area contributed by atoms with Gasteiger partial charge in [0.15, 0.2) is 0 Å². The number of ketones is 1. The van der Waals surface area contributed by atoms with Gasteiger partial charge >= 0.3 is 6.09 Å². The molecule has 1 aromatic heterocycles. The number of carbonyl (C=O) groups excluding carboxylic acids is 2. The molecule has 0 saturated carbocycles. The van der Waals surface area contributed by atoms with Crippen molar-refractivity contribution in [1.29, 1.82) is 0 Å². The normalized spacial score (nSPS) is 22.0. The van der Waals surface area contributed by atoms with Crippen molar-refractivity contribution in [3.63, 3.8) is 0 Å². The number of aromatic nitrogens is 1. The molecule has 6 heteroatoms. The minimum Gasteiger partial charge on any atom is -0.481 e. The summed E-state index contributed by atoms with van der Waals surface area (Å²) in [5.74, 6) is 0.592. The zero-order valence-corrected chi connectivity index (χ0v) is 14.4. The molecule has 0 radical (unpaired) electrons. The van der Waals surface area contributed by atoms with Gasteiger partial charge < -0.3 is 14.4 Å². The lowest BCUT2D eigenvalue weighted by Crippen LogP contribution is -2.53. The van der Waals surface area contributed by atoms with Crippen molar-refractivity contribution in [3.8, 4) is 5.88 Å². The molecule has 2 rings (SSSR count). The van der Waals surface area contributed by atoms with Crippen LogP contribution in [0.4, 0.5) is 4.79 Å². The van der Waals surface area contributed by atoms with E-state index in [2.05, 4.69) is 4.98 Å². The third-order valence-corrected chi connectivity index (χ3v) is 3.97. The van der Waals surface area contributed by atoms with Crippen LogP contribution in [0.3, 0.4) is 0 Å². The van der Waals surface area contributed by atoms with Crippen molar-refractivity contribution < 1.29 is 19.1 Å². The van der Waals surface area contributed by atoms with Gasteiger partial charge in [0.1, 0.15) is 11.4 Å². The molecule has 0 aliphatic carbocycles. The molecule has 0 N–H and O–H groups in total. The van der Waals surface area contributed by atoms with E-state index in [1.165, 1.54) is 0 Å². The van der Waals surface area contributed by atoms with Gasteiger partial charge in [0.2, 0.25) is 5.88 Å². The van der Waals surface area contributed by atoms with E-state index in [-0.39, 0.29) is 12.3 Å². The highest BCUT2D eigenvalue weighted by molar-refractivity contribution is 5.92. The van der Waals surface area contributed by atoms with Crippen LogP contribution in [-0.4, -0.2) is 47.6 Å². The fourth-order valence-electron chi connectivity index (χ4n) is 2.62. The fourth-order valence-corrected chi connectivity index (χ4v) is 2.62. The Morgan fingerprint density at radius 3 is 2.57 bits per heavy atom. The number of piperidine rings is 1. The lowest BCUT2D eigenvalue weighted by atomic mass is 9.75. The van der Waals surface area contributed by atoms with Gasteiger partial charge in [0.05, 0.1) is 12.5 Å². The lowest BCUT2D eigenvalue weighted by molar-refractivity contribution is -0.127. The summed E-state index contributed by atoms with van der Waals surface area (Å²) in [6, 6.07) is 3.54. The first-order chi connectivity index (χ1) is 10.7. The molecule has 1 unspecified atom stereocenters. The predicted octanol–water partition coefficient (Wildman–Crippen LogP) is 2.56. The highest BCUT2D eigenvalue weighted by Gasteiger charge is 2.42. The second kappa shape index (κ2) is 6.18. The van der Waals surface area contributed by atoms with Crippen LogP contribution in [0.5, 0.6) is 5.88 Å². The Balaban J connectivity index is 2.22. The number of pyridine rings is 1. The highest BCUT2D eigenvalue weighted by atomic mass is 16.6. The minimum absolute atomic E-state index is 0.101. The van der Waals surface area contributed by atoms with Gasteiger partial charge in [0, 0.05) is 31.8 Å². The number of hydrogen-bond acceptors (Lipinski definition) is 5. The molecule has 1 amide bonds. The van der Waals surface area contributed by atoms with E-state index in [1.54, 1.807) is 24.3 Å². The molecule has 1 saturated heterocycles. The van der Waals surface area contributed by atoms with Crippen molar-refractivity contribution in [1.82, 2.24) is 9.88 Å². The standard InChI is InChI=1S/C17H24N2O4/c1-16(2,3)23-15(21)19-9-8-13(20)17(4,11-19)12-6-7-14(22-5)18-10-12/h6-7,10H,8-9,11H2,1-5H3. The molecule has 6 nitrogen and oxygen atoms in total. The molecule has 1 aromatic rings. The summed E-state index contributed by atoms with van der Waals surface area (Å²) < 4.78 is 10.5. The molecule has 0 spiro atoms. The Bertz CT molecular complexity index is 592. The monoisotopic (exact) mass is 320 g/mol. The zero-order valence-electron chi connectivity index (χ0n) is 14.4. The topological polar surface area (TPSA) is 68.7 Å². The van der Waals surface area contributed by atoms with Gasteiger partial charge in [-0.05, 0) is 33.3 Å². The van der Waals surface area contributed by atoms with E-state index in [1.807, 2.05) is 33.8 Å². The fraction of sp³-hybridized carbons (Fsp3) is 0.588. The zero-order chi connectivity index (χ0) is 17.3. The summed E-state index contributed by atoms with van der Waals surface area (Å²) in [5, 5.41) is 0. The van der Waals surface area contributed by atoms with E-state index in [0.29, 0.717) is 18.8 Å². The Morgan fingerprint density at radius 2 is 2.04 bits per heavy atom. The van der Waals surface area contributed by atoms with Gasteiger partial charge in [0.25, 0.3) is 0 Å². The van der Waals surface area contributed by atoms with Crippen molar-refractivity contribution in [2.24, 2.45) is 0 Å². The first kappa shape index (κ1) is 17.2. The molecular formula is C17H24N2O4. The van der Waals surface area contributed by atoms with Crippen LogP contribution in [-0.2, 0) is 14.9 Å². The Kier molecular flexibility index (Phi) is 4.63. The van der Waals surface area contributed by atoms with Crippen LogP contribution < -0.4 is 4.74 Å². The van der Waals surface area contributed by atoms with Crippen LogP contribution in [0, 0.1) is 0 Å². The molecule has 2 heterocycles. The maximum atomic E-state index is 12.5. The van der Waals surface area contributed by atoms with Crippen LogP contribution in [0.15, 0.2) is 18.3 Å². The second-order valence-corrected chi connectivity index (χ2v) is 7.00. The average molecular weight is 320 g/mol. The highest BCUT2D eigenvalue weighted by Crippen LogP contribution is 2.32. The first-order valence-corrected chi connectivity index (χ1v) is 7.67. The second-order valence-electron chi connectivity index (χ2n) is 7.00. The SMILES string of the molecule is COc1ccc(C2(C)CN(C(=O)OC(C)(C)C)CCC2=O)cn1. The van der Waals surface area contributed by atoms with Gasteiger partial charge in [-0.15, -0.1) is 0 Å². The van der Waals surface area contributed by atoms with E-state index < -0.39 is 17.1 Å². The van der Waals surface area contributed by atoms with Crippen LogP contribution in [0.2, 0.25) is 0 Å². The summed E-state index contributed by atoms with van der Waals surface area (Å²) in [7, 11) is 1.54. The average Bonchev–Trinajstić information content (AvgIpc) is 2.48. The predicted molar refractivity (Wildman–Crippen MR) is 85.6 cm³/mol. The van der Waals surface area contributed by atoms with Crippen LogP contribution >= 0.6 is 0 Å². The number of amides is 1. The number of likely N-dealkylation sites (tertiary alicyclic amines) is 1. The maximum Gasteiger partial charge on any atom is 0.410 e. The number of methoxy groups -OCH3 is 1. The third kappa shape index (κ3) is 3.81. The van der Waals surface area contributed by atoms with E-state index in [4.69, 9.17) is 9.47 Å². The smallest absolute Gasteiger partial charge is 0.410 e. The third-order valence-electron chi connectivity index (χ3n) is 3.97. The number of rotatable bonds is 2. The van der Waals surface area contributed by atoms with Gasteiger partial charge in [-0.3, -0.25) is 4.79 Å². The number of carbonyl (C=O) groups is 2. The number of hydrogen-bond donors (Lipinski definition) is 0. The Morgan fingerprint density at radius 1 is 1.35 bits per heavy atom. The van der Waals surface area contributed by atoms with Crippen LogP contribution in [0.1, 0.15) is 39.7 Å². The summed E-state index contributed by atoms with van der Waals surface area (Å²) >= 11 is 0. The molecular weight excluding hydrogens is 296 g/mol. The molecule has 1 fully saturated rings. The maximum absolute atomic E-state index is 12.5. The molecule has 1 aliphatic rings. The number of ether oxygens (including phenoxy) is 2. The summed E-state index contributed by atoms with van der Waals surface area (Å²) in [4.78, 5) is 30.5. The van der Waals surface area contributed by atoms with Crippen LogP contribution in [0.25, 0.3) is 0 Å². The number of Topliss-reactive ketones (excluding diaryl/α,β-unsaturated/α-hetero) is 1. The van der Waals surface area contributed by atoms with Gasteiger partial charge in [-0.1, -0.05) is 6.07 Å². The van der Waals surface area contributed by atoms with Crippen molar-refractivity contribution in [2.45, 2.75) is 45.1 Å². The van der Waals surface area contributed by atoms with E-state index in [0.717, 1.165) is 5.56 Å². The lowest BCUT2D eigenvalue weighted by Gasteiger charge is -2.39. The van der Waals surface area contributed by atoms with E-state index in [9.17, 15) is 9.59 Å². The molecule has 23 heavy (non-hydrogen) atoms. The molecule has 0 aromatic carbocycles. The summed E-state index contributed by atoms with van der Waals surface area (Å²) in [6.45, 7) is 7.99. The van der Waals surface area contributed by atoms with E-state index >= 15 is 0 Å². The summed E-state index contributed by atoms with van der Waals surface area (Å²) in [6.07, 6.45) is 1.55. The van der Waals surface area contributed by atoms with Crippen molar-refractivity contribution >= 4 is 11.9 Å². The first-order valence-electron chi connectivity index (χ1n) is 7.67. The molecule has 1 atom stereocenters. The quantitative estimate of drug-likeness (QED) is 0.837. The Hall–Kier alpha value is -2.11.